The third-order valence-electron chi connectivity index (χ3n) is 3.95. The number of hydrogen-bond donors (Lipinski definition) is 1. The van der Waals surface area contributed by atoms with E-state index in [1.165, 1.54) is 10.9 Å². The number of fused-ring (bicyclic) bond motifs is 1. The number of nitrogens with zero attached hydrogens (tertiary/aromatic N) is 1. The number of nitrogens with one attached hydrogen (secondary N) is 1. The zero-order valence-corrected chi connectivity index (χ0v) is 12.5. The SMILES string of the molecule is CNCc1cc(OCC2CCOCC2)nc2ccccc12. The molecule has 3 rings (SSSR count). The fourth-order valence-electron chi connectivity index (χ4n) is 2.75. The van der Waals surface area contributed by atoms with Gasteiger partial charge in [-0.1, -0.05) is 18.2 Å². The lowest BCUT2D eigenvalue weighted by atomic mass is 10.0. The van der Waals surface area contributed by atoms with Crippen molar-refractivity contribution in [2.24, 2.45) is 5.92 Å². The van der Waals surface area contributed by atoms with Crippen LogP contribution < -0.4 is 10.1 Å². The maximum atomic E-state index is 5.95. The molecule has 0 unspecified atom stereocenters. The first-order chi connectivity index (χ1) is 10.4. The minimum atomic E-state index is 0.583. The predicted molar refractivity (Wildman–Crippen MR) is 83.5 cm³/mol. The van der Waals surface area contributed by atoms with Gasteiger partial charge in [0.25, 0.3) is 0 Å². The van der Waals surface area contributed by atoms with Crippen molar-refractivity contribution in [2.45, 2.75) is 19.4 Å². The smallest absolute Gasteiger partial charge is 0.214 e. The van der Waals surface area contributed by atoms with Crippen LogP contribution in [0.25, 0.3) is 10.9 Å². The summed E-state index contributed by atoms with van der Waals surface area (Å²) in [7, 11) is 1.96. The molecule has 0 amide bonds. The highest BCUT2D eigenvalue weighted by Gasteiger charge is 2.15. The number of benzene rings is 1. The summed E-state index contributed by atoms with van der Waals surface area (Å²) in [6.07, 6.45) is 2.16. The lowest BCUT2D eigenvalue weighted by Crippen LogP contribution is -2.21. The second-order valence-corrected chi connectivity index (χ2v) is 5.53. The third-order valence-corrected chi connectivity index (χ3v) is 3.95. The standard InChI is InChI=1S/C17H22N2O2/c1-18-11-14-10-17(19-16-5-3-2-4-15(14)16)21-12-13-6-8-20-9-7-13/h2-5,10,13,18H,6-9,11-12H2,1H3. The summed E-state index contributed by atoms with van der Waals surface area (Å²) < 4.78 is 11.3. The lowest BCUT2D eigenvalue weighted by molar-refractivity contribution is 0.0491. The number of hydrogen-bond acceptors (Lipinski definition) is 4. The van der Waals surface area contributed by atoms with Gasteiger partial charge < -0.3 is 14.8 Å². The van der Waals surface area contributed by atoms with Crippen molar-refractivity contribution < 1.29 is 9.47 Å². The molecule has 0 radical (unpaired) electrons. The molecule has 1 saturated heterocycles. The van der Waals surface area contributed by atoms with Gasteiger partial charge in [0.2, 0.25) is 5.88 Å². The summed E-state index contributed by atoms with van der Waals surface area (Å²) in [5.74, 6) is 1.31. The van der Waals surface area contributed by atoms with Gasteiger partial charge in [0.1, 0.15) is 0 Å². The van der Waals surface area contributed by atoms with E-state index in [1.54, 1.807) is 0 Å². The quantitative estimate of drug-likeness (QED) is 0.918. The summed E-state index contributed by atoms with van der Waals surface area (Å²) in [5.41, 5.74) is 2.22. The van der Waals surface area contributed by atoms with Crippen LogP contribution in [-0.2, 0) is 11.3 Å². The molecule has 1 fully saturated rings. The first kappa shape index (κ1) is 14.3. The van der Waals surface area contributed by atoms with Gasteiger partial charge in [-0.25, -0.2) is 4.98 Å². The van der Waals surface area contributed by atoms with Gasteiger partial charge in [0, 0.05) is 31.2 Å². The van der Waals surface area contributed by atoms with Crippen LogP contribution in [0.3, 0.4) is 0 Å². The van der Waals surface area contributed by atoms with E-state index in [-0.39, 0.29) is 0 Å². The van der Waals surface area contributed by atoms with Gasteiger partial charge in [-0.05, 0) is 37.4 Å². The van der Waals surface area contributed by atoms with Crippen LogP contribution in [0.15, 0.2) is 30.3 Å². The Morgan fingerprint density at radius 2 is 2.10 bits per heavy atom. The van der Waals surface area contributed by atoms with Crippen molar-refractivity contribution in [2.75, 3.05) is 26.9 Å². The van der Waals surface area contributed by atoms with Crippen LogP contribution in [0, 0.1) is 5.92 Å². The van der Waals surface area contributed by atoms with E-state index in [0.717, 1.165) is 50.6 Å². The average Bonchev–Trinajstić information content (AvgIpc) is 2.54. The lowest BCUT2D eigenvalue weighted by Gasteiger charge is -2.22. The van der Waals surface area contributed by atoms with Crippen LogP contribution >= 0.6 is 0 Å². The fourth-order valence-corrected chi connectivity index (χ4v) is 2.75. The van der Waals surface area contributed by atoms with E-state index in [9.17, 15) is 0 Å². The Kier molecular flexibility index (Phi) is 4.68. The summed E-state index contributed by atoms with van der Waals surface area (Å²) in [5, 5.41) is 4.39. The third kappa shape index (κ3) is 3.52. The van der Waals surface area contributed by atoms with E-state index in [4.69, 9.17) is 9.47 Å². The van der Waals surface area contributed by atoms with E-state index in [1.807, 2.05) is 25.2 Å². The topological polar surface area (TPSA) is 43.4 Å². The van der Waals surface area contributed by atoms with Crippen LogP contribution in [0.2, 0.25) is 0 Å². The molecule has 1 aromatic carbocycles. The van der Waals surface area contributed by atoms with E-state index in [2.05, 4.69) is 22.4 Å². The Labute approximate surface area is 125 Å². The van der Waals surface area contributed by atoms with E-state index in [0.29, 0.717) is 5.92 Å². The molecule has 1 N–H and O–H groups in total. The molecule has 112 valence electrons. The minimum absolute atomic E-state index is 0.583. The molecule has 0 saturated carbocycles. The van der Waals surface area contributed by atoms with Crippen molar-refractivity contribution in [1.82, 2.24) is 10.3 Å². The molecule has 2 heterocycles. The minimum Gasteiger partial charge on any atom is -0.477 e. The Balaban J connectivity index is 1.77. The van der Waals surface area contributed by atoms with Crippen molar-refractivity contribution in [1.29, 1.82) is 0 Å². The molecule has 4 nitrogen and oxygen atoms in total. The van der Waals surface area contributed by atoms with Crippen molar-refractivity contribution in [3.63, 3.8) is 0 Å². The van der Waals surface area contributed by atoms with Gasteiger partial charge in [-0.3, -0.25) is 0 Å². The summed E-state index contributed by atoms with van der Waals surface area (Å²) in [6, 6.07) is 10.3. The van der Waals surface area contributed by atoms with Crippen LogP contribution in [0.4, 0.5) is 0 Å². The number of ether oxygens (including phenoxy) is 2. The van der Waals surface area contributed by atoms with Gasteiger partial charge in [0.15, 0.2) is 0 Å². The Hall–Kier alpha value is -1.65. The average molecular weight is 286 g/mol. The number of para-hydroxylation sites is 1. The first-order valence-corrected chi connectivity index (χ1v) is 7.60. The van der Waals surface area contributed by atoms with Gasteiger partial charge >= 0.3 is 0 Å². The largest absolute Gasteiger partial charge is 0.477 e. The predicted octanol–water partition coefficient (Wildman–Crippen LogP) is 2.76. The Morgan fingerprint density at radius 1 is 1.29 bits per heavy atom. The molecule has 1 aromatic heterocycles. The highest BCUT2D eigenvalue weighted by Crippen LogP contribution is 2.23. The molecule has 0 aliphatic carbocycles. The summed E-state index contributed by atoms with van der Waals surface area (Å²) in [6.45, 7) is 3.25. The van der Waals surface area contributed by atoms with Gasteiger partial charge in [-0.15, -0.1) is 0 Å². The zero-order chi connectivity index (χ0) is 14.5. The van der Waals surface area contributed by atoms with E-state index >= 15 is 0 Å². The van der Waals surface area contributed by atoms with Crippen LogP contribution in [0.5, 0.6) is 5.88 Å². The number of aromatic nitrogens is 1. The van der Waals surface area contributed by atoms with Crippen LogP contribution in [0.1, 0.15) is 18.4 Å². The molecular weight excluding hydrogens is 264 g/mol. The van der Waals surface area contributed by atoms with Crippen molar-refractivity contribution >= 4 is 10.9 Å². The summed E-state index contributed by atoms with van der Waals surface area (Å²) in [4.78, 5) is 4.62. The Bertz CT molecular complexity index is 594. The molecule has 0 bridgehead atoms. The monoisotopic (exact) mass is 286 g/mol. The van der Waals surface area contributed by atoms with Gasteiger partial charge in [0.05, 0.1) is 12.1 Å². The van der Waals surface area contributed by atoms with E-state index < -0.39 is 0 Å². The second-order valence-electron chi connectivity index (χ2n) is 5.53. The maximum absolute atomic E-state index is 5.95. The highest BCUT2D eigenvalue weighted by atomic mass is 16.5. The molecule has 4 heteroatoms. The zero-order valence-electron chi connectivity index (χ0n) is 12.5. The maximum Gasteiger partial charge on any atom is 0.214 e. The van der Waals surface area contributed by atoms with Crippen molar-refractivity contribution in [3.8, 4) is 5.88 Å². The molecule has 0 atom stereocenters. The van der Waals surface area contributed by atoms with Gasteiger partial charge in [-0.2, -0.15) is 0 Å². The first-order valence-electron chi connectivity index (χ1n) is 7.60. The Morgan fingerprint density at radius 3 is 2.90 bits per heavy atom. The molecular formula is C17H22N2O2. The molecule has 1 aliphatic rings. The molecule has 0 spiro atoms. The number of rotatable bonds is 5. The molecule has 21 heavy (non-hydrogen) atoms. The number of pyridine rings is 1. The fraction of sp³-hybridized carbons (Fsp3) is 0.471. The highest BCUT2D eigenvalue weighted by molar-refractivity contribution is 5.82. The van der Waals surface area contributed by atoms with Crippen LogP contribution in [-0.4, -0.2) is 31.9 Å². The molecule has 1 aliphatic heterocycles. The normalized spacial score (nSPS) is 16.2. The molecule has 2 aromatic rings. The van der Waals surface area contributed by atoms with Crippen molar-refractivity contribution in [3.05, 3.63) is 35.9 Å². The summed E-state index contributed by atoms with van der Waals surface area (Å²) >= 11 is 0. The second kappa shape index (κ2) is 6.87.